The Morgan fingerprint density at radius 1 is 1.35 bits per heavy atom. The molecule has 0 aromatic carbocycles. The van der Waals surface area contributed by atoms with Crippen LogP contribution < -0.4 is 15.8 Å². The van der Waals surface area contributed by atoms with Gasteiger partial charge in [-0.2, -0.15) is 0 Å². The van der Waals surface area contributed by atoms with Crippen molar-refractivity contribution in [2.75, 3.05) is 32.6 Å². The number of amides is 1. The highest BCUT2D eigenvalue weighted by molar-refractivity contribution is 7.88. The first kappa shape index (κ1) is 14.4. The molecule has 0 unspecified atom stereocenters. The molecule has 0 atom stereocenters. The maximum atomic E-state index is 11.8. The van der Waals surface area contributed by atoms with Crippen LogP contribution in [-0.4, -0.2) is 52.4 Å². The number of carbonyl (C=O) groups is 1. The number of sulfonamides is 1. The smallest absolute Gasteiger partial charge is 0.240 e. The molecule has 1 heterocycles. The van der Waals surface area contributed by atoms with Crippen LogP contribution in [0.25, 0.3) is 0 Å². The van der Waals surface area contributed by atoms with Crippen molar-refractivity contribution in [3.05, 3.63) is 0 Å². The molecular weight excluding hydrogens is 246 g/mol. The molecule has 1 aliphatic heterocycles. The lowest BCUT2D eigenvalue weighted by Crippen LogP contribution is -2.57. The van der Waals surface area contributed by atoms with Crippen LogP contribution in [0.4, 0.5) is 0 Å². The zero-order chi connectivity index (χ0) is 12.9. The van der Waals surface area contributed by atoms with Gasteiger partial charge in [-0.25, -0.2) is 13.1 Å². The van der Waals surface area contributed by atoms with E-state index in [9.17, 15) is 13.2 Å². The average Bonchev–Trinajstić information content (AvgIpc) is 2.24. The van der Waals surface area contributed by atoms with E-state index in [4.69, 9.17) is 10.5 Å². The molecule has 0 bridgehead atoms. The van der Waals surface area contributed by atoms with Gasteiger partial charge in [-0.05, 0) is 12.8 Å². The molecule has 1 aliphatic rings. The van der Waals surface area contributed by atoms with Crippen LogP contribution in [0.2, 0.25) is 0 Å². The first-order valence-electron chi connectivity index (χ1n) is 5.43. The molecule has 7 nitrogen and oxygen atoms in total. The van der Waals surface area contributed by atoms with Gasteiger partial charge in [0.05, 0.1) is 11.8 Å². The fraction of sp³-hybridized carbons (Fsp3) is 0.889. The molecule has 1 amide bonds. The largest absolute Gasteiger partial charge is 0.381 e. The summed E-state index contributed by atoms with van der Waals surface area (Å²) in [5.74, 6) is -0.254. The maximum absolute atomic E-state index is 11.8. The summed E-state index contributed by atoms with van der Waals surface area (Å²) in [7, 11) is -3.21. The fourth-order valence-corrected chi connectivity index (χ4v) is 2.02. The molecule has 1 rings (SSSR count). The molecule has 0 radical (unpaired) electrons. The lowest BCUT2D eigenvalue weighted by molar-refractivity contribution is -0.129. The summed E-state index contributed by atoms with van der Waals surface area (Å²) in [4.78, 5) is 11.8. The quantitative estimate of drug-likeness (QED) is 0.506. The summed E-state index contributed by atoms with van der Waals surface area (Å²) < 4.78 is 29.0. The molecule has 0 saturated carbocycles. The summed E-state index contributed by atoms with van der Waals surface area (Å²) >= 11 is 0. The number of hydrogen-bond donors (Lipinski definition) is 3. The van der Waals surface area contributed by atoms with Gasteiger partial charge in [0, 0.05) is 26.3 Å². The number of carbonyl (C=O) groups excluding carboxylic acids is 1. The van der Waals surface area contributed by atoms with Crippen molar-refractivity contribution in [2.45, 2.75) is 18.4 Å². The minimum Gasteiger partial charge on any atom is -0.381 e. The van der Waals surface area contributed by atoms with Crippen LogP contribution in [0.15, 0.2) is 0 Å². The SMILES string of the molecule is CS(=O)(=O)NCCNC(=O)C1(N)CCOCC1. The van der Waals surface area contributed by atoms with E-state index >= 15 is 0 Å². The van der Waals surface area contributed by atoms with Gasteiger partial charge in [0.2, 0.25) is 15.9 Å². The Labute approximate surface area is 101 Å². The van der Waals surface area contributed by atoms with Crippen LogP contribution in [0, 0.1) is 0 Å². The number of nitrogens with two attached hydrogens (primary N) is 1. The molecule has 0 spiro atoms. The molecule has 0 aromatic rings. The second-order valence-corrected chi connectivity index (χ2v) is 6.02. The average molecular weight is 265 g/mol. The molecule has 1 fully saturated rings. The normalized spacial score (nSPS) is 19.9. The molecule has 4 N–H and O–H groups in total. The number of ether oxygens (including phenoxy) is 1. The maximum Gasteiger partial charge on any atom is 0.240 e. The standard InChI is InChI=1S/C9H19N3O4S/c1-17(14,15)12-5-4-11-8(13)9(10)2-6-16-7-3-9/h12H,2-7,10H2,1H3,(H,11,13). The third kappa shape index (κ3) is 4.99. The van der Waals surface area contributed by atoms with E-state index in [1.54, 1.807) is 0 Å². The van der Waals surface area contributed by atoms with Gasteiger partial charge in [0.25, 0.3) is 0 Å². The van der Waals surface area contributed by atoms with Gasteiger partial charge in [-0.3, -0.25) is 4.79 Å². The molecular formula is C9H19N3O4S. The Kier molecular flexibility index (Phi) is 4.87. The second kappa shape index (κ2) is 5.76. The van der Waals surface area contributed by atoms with Crippen molar-refractivity contribution in [3.8, 4) is 0 Å². The number of nitrogens with one attached hydrogen (secondary N) is 2. The molecule has 17 heavy (non-hydrogen) atoms. The van der Waals surface area contributed by atoms with Crippen LogP contribution in [0.5, 0.6) is 0 Å². The Morgan fingerprint density at radius 2 is 1.94 bits per heavy atom. The van der Waals surface area contributed by atoms with E-state index in [0.717, 1.165) is 6.26 Å². The fourth-order valence-electron chi connectivity index (χ4n) is 1.55. The Morgan fingerprint density at radius 3 is 2.47 bits per heavy atom. The zero-order valence-corrected chi connectivity index (χ0v) is 10.7. The third-order valence-corrected chi connectivity index (χ3v) is 3.34. The summed E-state index contributed by atoms with van der Waals surface area (Å²) in [6.07, 6.45) is 2.04. The predicted molar refractivity (Wildman–Crippen MR) is 62.8 cm³/mol. The molecule has 8 heteroatoms. The lowest BCUT2D eigenvalue weighted by Gasteiger charge is -2.31. The molecule has 1 saturated heterocycles. The summed E-state index contributed by atoms with van der Waals surface area (Å²) in [6.45, 7) is 1.35. The highest BCUT2D eigenvalue weighted by atomic mass is 32.2. The van der Waals surface area contributed by atoms with Crippen molar-refractivity contribution >= 4 is 15.9 Å². The highest BCUT2D eigenvalue weighted by Gasteiger charge is 2.35. The Bertz CT molecular complexity index is 362. The van der Waals surface area contributed by atoms with E-state index in [-0.39, 0.29) is 19.0 Å². The first-order valence-corrected chi connectivity index (χ1v) is 7.32. The van der Waals surface area contributed by atoms with Crippen LogP contribution in [-0.2, 0) is 19.6 Å². The van der Waals surface area contributed by atoms with E-state index in [1.165, 1.54) is 0 Å². The van der Waals surface area contributed by atoms with E-state index in [2.05, 4.69) is 10.0 Å². The zero-order valence-electron chi connectivity index (χ0n) is 9.86. The number of hydrogen-bond acceptors (Lipinski definition) is 5. The molecule has 0 aromatic heterocycles. The predicted octanol–water partition coefficient (Wildman–Crippen LogP) is -1.84. The Balaban J connectivity index is 2.29. The van der Waals surface area contributed by atoms with E-state index in [1.807, 2.05) is 0 Å². The van der Waals surface area contributed by atoms with Gasteiger partial charge in [0.1, 0.15) is 0 Å². The van der Waals surface area contributed by atoms with Gasteiger partial charge in [-0.15, -0.1) is 0 Å². The summed E-state index contributed by atoms with van der Waals surface area (Å²) in [5.41, 5.74) is 5.05. The van der Waals surface area contributed by atoms with Crippen LogP contribution in [0.1, 0.15) is 12.8 Å². The van der Waals surface area contributed by atoms with Gasteiger partial charge >= 0.3 is 0 Å². The lowest BCUT2D eigenvalue weighted by atomic mass is 9.90. The summed E-state index contributed by atoms with van der Waals surface area (Å²) in [6, 6.07) is 0. The van der Waals surface area contributed by atoms with Crippen molar-refractivity contribution in [2.24, 2.45) is 5.73 Å². The minimum atomic E-state index is -3.21. The molecule has 100 valence electrons. The van der Waals surface area contributed by atoms with E-state index in [0.29, 0.717) is 26.1 Å². The van der Waals surface area contributed by atoms with Gasteiger partial charge < -0.3 is 15.8 Å². The molecule has 0 aliphatic carbocycles. The van der Waals surface area contributed by atoms with Gasteiger partial charge in [-0.1, -0.05) is 0 Å². The van der Waals surface area contributed by atoms with Gasteiger partial charge in [0.15, 0.2) is 0 Å². The number of rotatable bonds is 5. The third-order valence-electron chi connectivity index (χ3n) is 2.61. The van der Waals surface area contributed by atoms with Crippen molar-refractivity contribution in [1.82, 2.24) is 10.0 Å². The highest BCUT2D eigenvalue weighted by Crippen LogP contribution is 2.17. The van der Waals surface area contributed by atoms with Crippen molar-refractivity contribution in [3.63, 3.8) is 0 Å². The first-order chi connectivity index (χ1) is 7.83. The summed E-state index contributed by atoms with van der Waals surface area (Å²) in [5, 5.41) is 2.62. The van der Waals surface area contributed by atoms with Crippen molar-refractivity contribution in [1.29, 1.82) is 0 Å². The van der Waals surface area contributed by atoms with E-state index < -0.39 is 15.6 Å². The topological polar surface area (TPSA) is 111 Å². The minimum absolute atomic E-state index is 0.164. The second-order valence-electron chi connectivity index (χ2n) is 4.19. The van der Waals surface area contributed by atoms with Crippen LogP contribution in [0.3, 0.4) is 0 Å². The van der Waals surface area contributed by atoms with Crippen LogP contribution >= 0.6 is 0 Å². The van der Waals surface area contributed by atoms with Crippen molar-refractivity contribution < 1.29 is 17.9 Å². The monoisotopic (exact) mass is 265 g/mol. The Hall–Kier alpha value is -0.700.